The molecule has 7 nitrogen and oxygen atoms in total. The van der Waals surface area contributed by atoms with Crippen molar-refractivity contribution >= 4 is 23.7 Å². The van der Waals surface area contributed by atoms with Gasteiger partial charge in [0, 0.05) is 32.5 Å². The fraction of sp³-hybridized carbons (Fsp3) is 0.450. The van der Waals surface area contributed by atoms with Gasteiger partial charge in [-0.2, -0.15) is 0 Å². The lowest BCUT2D eigenvalue weighted by Crippen LogP contribution is -2.54. The van der Waals surface area contributed by atoms with Crippen LogP contribution in [0.2, 0.25) is 0 Å². The number of benzene rings is 1. The first-order valence-corrected chi connectivity index (χ1v) is 9.17. The molecule has 0 unspecified atom stereocenters. The van der Waals surface area contributed by atoms with Crippen LogP contribution in [0.1, 0.15) is 42.1 Å². The molecule has 2 aliphatic heterocycles. The highest BCUT2D eigenvalue weighted by Crippen LogP contribution is 2.39. The summed E-state index contributed by atoms with van der Waals surface area (Å²) in [6, 6.07) is 5.14. The predicted molar refractivity (Wildman–Crippen MR) is 99.8 cm³/mol. The summed E-state index contributed by atoms with van der Waals surface area (Å²) in [5.74, 6) is 0.155. The van der Waals surface area contributed by atoms with E-state index in [0.717, 1.165) is 0 Å². The number of ketones is 2. The summed E-state index contributed by atoms with van der Waals surface area (Å²) in [5.41, 5.74) is 0.650. The van der Waals surface area contributed by atoms with Crippen LogP contribution in [-0.2, 0) is 4.79 Å². The van der Waals surface area contributed by atoms with E-state index in [2.05, 4.69) is 5.32 Å². The number of likely N-dealkylation sites (tertiary alicyclic amines) is 1. The molecule has 1 spiro atoms. The summed E-state index contributed by atoms with van der Waals surface area (Å²) in [7, 11) is 0. The number of aliphatic hydroxyl groups is 1. The third-order valence-corrected chi connectivity index (χ3v) is 5.02. The topological polar surface area (TPSA) is 95.9 Å². The van der Waals surface area contributed by atoms with Gasteiger partial charge in [0.1, 0.15) is 18.0 Å². The lowest BCUT2D eigenvalue weighted by molar-refractivity contribution is -0.117. The third-order valence-electron chi connectivity index (χ3n) is 5.02. The smallest absolute Gasteiger partial charge is 0.317 e. The van der Waals surface area contributed by atoms with Gasteiger partial charge in [0.15, 0.2) is 11.6 Å². The second-order valence-corrected chi connectivity index (χ2v) is 6.92. The van der Waals surface area contributed by atoms with Crippen molar-refractivity contribution in [2.45, 2.75) is 31.8 Å². The van der Waals surface area contributed by atoms with Gasteiger partial charge >= 0.3 is 6.03 Å². The number of piperidine rings is 1. The van der Waals surface area contributed by atoms with Crippen molar-refractivity contribution in [3.05, 3.63) is 35.4 Å². The molecular formula is C20H24N2O5. The van der Waals surface area contributed by atoms with Gasteiger partial charge in [0.05, 0.1) is 12.0 Å². The van der Waals surface area contributed by atoms with Crippen LogP contribution < -0.4 is 10.1 Å². The second-order valence-electron chi connectivity index (χ2n) is 6.92. The molecule has 0 radical (unpaired) electrons. The van der Waals surface area contributed by atoms with Crippen molar-refractivity contribution in [1.82, 2.24) is 10.2 Å². The van der Waals surface area contributed by atoms with Crippen molar-refractivity contribution in [3.8, 4) is 5.75 Å². The van der Waals surface area contributed by atoms with Crippen LogP contribution in [0.25, 0.3) is 6.08 Å². The molecule has 1 aromatic rings. The van der Waals surface area contributed by atoms with Crippen molar-refractivity contribution in [3.63, 3.8) is 0 Å². The van der Waals surface area contributed by atoms with E-state index in [9.17, 15) is 14.4 Å². The highest BCUT2D eigenvalue weighted by molar-refractivity contribution is 6.01. The van der Waals surface area contributed by atoms with Crippen molar-refractivity contribution < 1.29 is 24.2 Å². The summed E-state index contributed by atoms with van der Waals surface area (Å²) in [5, 5.41) is 11.6. The molecule has 1 aromatic carbocycles. The van der Waals surface area contributed by atoms with E-state index in [-0.39, 0.29) is 18.2 Å². The Labute approximate surface area is 158 Å². The molecule has 1 saturated heterocycles. The van der Waals surface area contributed by atoms with E-state index in [1.54, 1.807) is 29.2 Å². The number of urea groups is 1. The van der Waals surface area contributed by atoms with Crippen LogP contribution in [0.4, 0.5) is 4.79 Å². The first-order chi connectivity index (χ1) is 13.0. The fourth-order valence-corrected chi connectivity index (χ4v) is 3.52. The maximum absolute atomic E-state index is 12.7. The minimum absolute atomic E-state index is 0.00597. The highest BCUT2D eigenvalue weighted by atomic mass is 16.5. The summed E-state index contributed by atoms with van der Waals surface area (Å²) in [4.78, 5) is 37.6. The Bertz CT molecular complexity index is 779. The number of fused-ring (bicyclic) bond motifs is 1. The molecule has 2 amide bonds. The molecule has 0 atom stereocenters. The van der Waals surface area contributed by atoms with Gasteiger partial charge in [-0.3, -0.25) is 9.59 Å². The van der Waals surface area contributed by atoms with Crippen molar-refractivity contribution in [1.29, 1.82) is 0 Å². The molecule has 2 N–H and O–H groups in total. The van der Waals surface area contributed by atoms with Crippen molar-refractivity contribution in [2.75, 3.05) is 26.2 Å². The molecule has 1 fully saturated rings. The Kier molecular flexibility index (Phi) is 5.60. The summed E-state index contributed by atoms with van der Waals surface area (Å²) < 4.78 is 6.21. The molecule has 144 valence electrons. The van der Waals surface area contributed by atoms with E-state index in [4.69, 9.17) is 9.84 Å². The molecule has 27 heavy (non-hydrogen) atoms. The largest absolute Gasteiger partial charge is 0.486 e. The van der Waals surface area contributed by atoms with Crippen LogP contribution in [0.5, 0.6) is 5.75 Å². The van der Waals surface area contributed by atoms with Gasteiger partial charge < -0.3 is 20.1 Å². The average molecular weight is 372 g/mol. The number of nitrogens with zero attached hydrogens (tertiary/aromatic N) is 1. The summed E-state index contributed by atoms with van der Waals surface area (Å²) in [6.07, 6.45) is 4.37. The number of amides is 2. The van der Waals surface area contributed by atoms with E-state index in [1.165, 1.54) is 6.08 Å². The number of aliphatic hydroxyl groups excluding tert-OH is 1. The number of nitrogens with one attached hydrogen (secondary N) is 1. The standard InChI is InChI=1S/C20H24N2O5/c1-2-21-19(26)22-9-7-20(8-10-22)12-17(25)16-11-14(3-5-15(24)13-23)4-6-18(16)27-20/h3-6,11,23H,2,7-10,12-13H2,1H3,(H,21,26)/b5-3+. The Morgan fingerprint density at radius 1 is 1.33 bits per heavy atom. The Morgan fingerprint density at radius 2 is 2.07 bits per heavy atom. The monoisotopic (exact) mass is 372 g/mol. The van der Waals surface area contributed by atoms with E-state index < -0.39 is 18.0 Å². The minimum Gasteiger partial charge on any atom is -0.486 e. The van der Waals surface area contributed by atoms with Crippen LogP contribution in [0.15, 0.2) is 24.3 Å². The minimum atomic E-state index is -0.558. The van der Waals surface area contributed by atoms with Gasteiger partial charge in [-0.25, -0.2) is 4.79 Å². The zero-order chi connectivity index (χ0) is 19.4. The number of carbonyl (C=O) groups excluding carboxylic acids is 3. The number of ether oxygens (including phenoxy) is 1. The van der Waals surface area contributed by atoms with Crippen LogP contribution >= 0.6 is 0 Å². The maximum atomic E-state index is 12.7. The number of hydrogen-bond acceptors (Lipinski definition) is 5. The Balaban J connectivity index is 1.72. The molecule has 0 saturated carbocycles. The van der Waals surface area contributed by atoms with E-state index in [1.807, 2.05) is 6.92 Å². The lowest BCUT2D eigenvalue weighted by atomic mass is 9.82. The molecule has 2 heterocycles. The quantitative estimate of drug-likeness (QED) is 0.786. The molecule has 2 aliphatic rings. The summed E-state index contributed by atoms with van der Waals surface area (Å²) >= 11 is 0. The lowest BCUT2D eigenvalue weighted by Gasteiger charge is -2.43. The van der Waals surface area contributed by atoms with Crippen LogP contribution in [0, 0.1) is 0 Å². The SMILES string of the molecule is CCNC(=O)N1CCC2(CC1)CC(=O)c1cc(/C=C/C(=O)CO)ccc1O2. The van der Waals surface area contributed by atoms with Gasteiger partial charge in [-0.05, 0) is 30.7 Å². The zero-order valence-corrected chi connectivity index (χ0v) is 15.4. The molecule has 0 aromatic heterocycles. The molecule has 3 rings (SSSR count). The third kappa shape index (κ3) is 4.19. The Hall–Kier alpha value is -2.67. The molecular weight excluding hydrogens is 348 g/mol. The second kappa shape index (κ2) is 7.92. The number of Topliss-reactive ketones (excluding diaryl/α,β-unsaturated/α-hetero) is 1. The maximum Gasteiger partial charge on any atom is 0.317 e. The first kappa shape index (κ1) is 19.1. The number of carbonyl (C=O) groups is 3. The molecule has 0 bridgehead atoms. The fourth-order valence-electron chi connectivity index (χ4n) is 3.52. The first-order valence-electron chi connectivity index (χ1n) is 9.17. The number of rotatable bonds is 4. The average Bonchev–Trinajstić information content (AvgIpc) is 2.67. The molecule has 7 heteroatoms. The highest BCUT2D eigenvalue weighted by Gasteiger charge is 2.43. The van der Waals surface area contributed by atoms with Gasteiger partial charge in [-0.1, -0.05) is 12.1 Å². The molecule has 0 aliphatic carbocycles. The number of hydrogen-bond donors (Lipinski definition) is 2. The summed E-state index contributed by atoms with van der Waals surface area (Å²) in [6.45, 7) is 3.03. The van der Waals surface area contributed by atoms with Crippen LogP contribution in [0.3, 0.4) is 0 Å². The van der Waals surface area contributed by atoms with Gasteiger partial charge in [0.25, 0.3) is 0 Å². The predicted octanol–water partition coefficient (Wildman–Crippen LogP) is 1.79. The Morgan fingerprint density at radius 3 is 2.74 bits per heavy atom. The zero-order valence-electron chi connectivity index (χ0n) is 15.4. The van der Waals surface area contributed by atoms with E-state index >= 15 is 0 Å². The van der Waals surface area contributed by atoms with Crippen LogP contribution in [-0.4, -0.2) is 59.4 Å². The van der Waals surface area contributed by atoms with Gasteiger partial charge in [0.2, 0.25) is 0 Å². The normalized spacial score (nSPS) is 18.3. The van der Waals surface area contributed by atoms with E-state index in [0.29, 0.717) is 49.4 Å². The van der Waals surface area contributed by atoms with Crippen molar-refractivity contribution in [2.24, 2.45) is 0 Å². The van der Waals surface area contributed by atoms with Gasteiger partial charge in [-0.15, -0.1) is 0 Å².